The van der Waals surface area contributed by atoms with Crippen molar-refractivity contribution in [3.63, 3.8) is 0 Å². The zero-order chi connectivity index (χ0) is 15.1. The quantitative estimate of drug-likeness (QED) is 0.632. The van der Waals surface area contributed by atoms with Gasteiger partial charge < -0.3 is 14.2 Å². The third-order valence-corrected chi connectivity index (χ3v) is 4.15. The summed E-state index contributed by atoms with van der Waals surface area (Å²) in [6.07, 6.45) is 0. The van der Waals surface area contributed by atoms with Gasteiger partial charge in [0.1, 0.15) is 5.15 Å². The highest BCUT2D eigenvalue weighted by atomic mass is 35.5. The van der Waals surface area contributed by atoms with Crippen LogP contribution < -0.4 is 5.59 Å². The van der Waals surface area contributed by atoms with Crippen molar-refractivity contribution in [1.82, 2.24) is 9.88 Å². The largest absolute Gasteiger partial charge is 0.514 e. The number of rotatable bonds is 3. The fourth-order valence-electron chi connectivity index (χ4n) is 2.11. The molecule has 0 radical (unpaired) electrons. The highest BCUT2D eigenvalue weighted by Gasteiger charge is 2.52. The maximum Gasteiger partial charge on any atom is 0.514 e. The summed E-state index contributed by atoms with van der Waals surface area (Å²) >= 11 is 6.04. The molecule has 0 N–H and O–H groups in total. The molecule has 0 atom stereocenters. The van der Waals surface area contributed by atoms with Gasteiger partial charge in [-0.05, 0) is 53.4 Å². The number of hydrogen-bond acceptors (Lipinski definition) is 4. The van der Waals surface area contributed by atoms with Gasteiger partial charge in [0, 0.05) is 6.54 Å². The van der Waals surface area contributed by atoms with Crippen LogP contribution in [-0.2, 0) is 15.9 Å². The van der Waals surface area contributed by atoms with Crippen LogP contribution >= 0.6 is 11.6 Å². The molecular formula is C14H22BClN2O2. The van der Waals surface area contributed by atoms with Gasteiger partial charge in [-0.2, -0.15) is 0 Å². The van der Waals surface area contributed by atoms with Crippen LogP contribution in [0.2, 0.25) is 5.15 Å². The fourth-order valence-corrected chi connectivity index (χ4v) is 2.27. The van der Waals surface area contributed by atoms with E-state index in [-0.39, 0.29) is 11.2 Å². The zero-order valence-electron chi connectivity index (χ0n) is 13.0. The van der Waals surface area contributed by atoms with Crippen LogP contribution in [0.25, 0.3) is 0 Å². The average Bonchev–Trinajstić information content (AvgIpc) is 2.50. The van der Waals surface area contributed by atoms with Crippen molar-refractivity contribution in [3.05, 3.63) is 22.8 Å². The molecule has 1 saturated heterocycles. The maximum absolute atomic E-state index is 6.07. The SMILES string of the molecule is CN(C)Cc1ccc(Cl)nc1B1OC(C)(C)C(C)(C)O1. The summed E-state index contributed by atoms with van der Waals surface area (Å²) in [5.41, 5.74) is 1.08. The smallest absolute Gasteiger partial charge is 0.398 e. The Bertz CT molecular complexity index is 490. The molecule has 0 aromatic carbocycles. The van der Waals surface area contributed by atoms with Gasteiger partial charge in [0.2, 0.25) is 0 Å². The summed E-state index contributed by atoms with van der Waals surface area (Å²) in [4.78, 5) is 6.51. The Morgan fingerprint density at radius 1 is 1.15 bits per heavy atom. The van der Waals surface area contributed by atoms with Crippen molar-refractivity contribution >= 4 is 24.3 Å². The first-order valence-corrected chi connectivity index (χ1v) is 7.16. The summed E-state index contributed by atoms with van der Waals surface area (Å²) in [6.45, 7) is 8.89. The van der Waals surface area contributed by atoms with Gasteiger partial charge in [0.15, 0.2) is 0 Å². The van der Waals surface area contributed by atoms with E-state index in [0.717, 1.165) is 17.7 Å². The minimum absolute atomic E-state index is 0.378. The molecule has 0 aliphatic carbocycles. The molecular weight excluding hydrogens is 274 g/mol. The summed E-state index contributed by atoms with van der Waals surface area (Å²) < 4.78 is 12.1. The number of nitrogens with zero attached hydrogens (tertiary/aromatic N) is 2. The Balaban J connectivity index is 2.36. The van der Waals surface area contributed by atoms with Crippen LogP contribution in [0.1, 0.15) is 33.3 Å². The van der Waals surface area contributed by atoms with Crippen molar-refractivity contribution in [3.8, 4) is 0 Å². The number of aromatic nitrogens is 1. The van der Waals surface area contributed by atoms with Crippen LogP contribution in [0.3, 0.4) is 0 Å². The molecule has 4 nitrogen and oxygen atoms in total. The Morgan fingerprint density at radius 2 is 1.70 bits per heavy atom. The third-order valence-electron chi connectivity index (χ3n) is 3.94. The van der Waals surface area contributed by atoms with E-state index in [1.165, 1.54) is 0 Å². The summed E-state index contributed by atoms with van der Waals surface area (Å²) in [5, 5.41) is 0.456. The van der Waals surface area contributed by atoms with Crippen molar-refractivity contribution in [2.45, 2.75) is 45.4 Å². The minimum atomic E-state index is -0.478. The predicted molar refractivity (Wildman–Crippen MR) is 82.4 cm³/mol. The van der Waals surface area contributed by atoms with Gasteiger partial charge in [-0.25, -0.2) is 4.98 Å². The molecule has 110 valence electrons. The van der Waals surface area contributed by atoms with Gasteiger partial charge in [-0.15, -0.1) is 0 Å². The highest BCUT2D eigenvalue weighted by Crippen LogP contribution is 2.36. The number of hydrogen-bond donors (Lipinski definition) is 0. The molecule has 0 bridgehead atoms. The van der Waals surface area contributed by atoms with Crippen molar-refractivity contribution < 1.29 is 9.31 Å². The van der Waals surface area contributed by atoms with E-state index in [0.29, 0.717) is 5.15 Å². The Kier molecular flexibility index (Phi) is 4.18. The molecule has 0 amide bonds. The lowest BCUT2D eigenvalue weighted by Gasteiger charge is -2.32. The second-order valence-electron chi connectivity index (χ2n) is 6.50. The van der Waals surface area contributed by atoms with Gasteiger partial charge in [0.05, 0.1) is 16.8 Å². The van der Waals surface area contributed by atoms with Crippen LogP contribution in [0.4, 0.5) is 0 Å². The van der Waals surface area contributed by atoms with Gasteiger partial charge >= 0.3 is 7.12 Å². The average molecular weight is 297 g/mol. The number of pyridine rings is 1. The molecule has 0 spiro atoms. The molecule has 0 saturated carbocycles. The van der Waals surface area contributed by atoms with Crippen LogP contribution in [0.5, 0.6) is 0 Å². The molecule has 1 aromatic heterocycles. The van der Waals surface area contributed by atoms with Crippen molar-refractivity contribution in [2.75, 3.05) is 14.1 Å². The lowest BCUT2D eigenvalue weighted by molar-refractivity contribution is 0.00578. The first-order valence-electron chi connectivity index (χ1n) is 6.78. The van der Waals surface area contributed by atoms with E-state index < -0.39 is 7.12 Å². The molecule has 1 aliphatic rings. The third kappa shape index (κ3) is 3.01. The normalized spacial score (nSPS) is 20.7. The molecule has 1 aromatic rings. The minimum Gasteiger partial charge on any atom is -0.398 e. The van der Waals surface area contributed by atoms with E-state index in [4.69, 9.17) is 20.9 Å². The molecule has 6 heteroatoms. The molecule has 1 aliphatic heterocycles. The Hall–Kier alpha value is -0.615. The second-order valence-corrected chi connectivity index (χ2v) is 6.89. The van der Waals surface area contributed by atoms with Crippen molar-refractivity contribution in [2.24, 2.45) is 0 Å². The van der Waals surface area contributed by atoms with Gasteiger partial charge in [0.25, 0.3) is 0 Å². The topological polar surface area (TPSA) is 34.6 Å². The predicted octanol–water partition coefficient (Wildman–Crippen LogP) is 2.10. The first kappa shape index (κ1) is 15.8. The lowest BCUT2D eigenvalue weighted by Crippen LogP contribution is -2.41. The summed E-state index contributed by atoms with van der Waals surface area (Å²) in [7, 11) is 3.55. The standard InChI is InChI=1S/C14H22BClN2O2/c1-13(2)14(3,4)20-15(19-13)12-10(9-18(5)6)7-8-11(16)17-12/h7-8H,9H2,1-6H3. The second kappa shape index (κ2) is 5.30. The van der Waals surface area contributed by atoms with Gasteiger partial charge in [-0.1, -0.05) is 17.7 Å². The zero-order valence-corrected chi connectivity index (χ0v) is 13.8. The van der Waals surface area contributed by atoms with Crippen LogP contribution in [0, 0.1) is 0 Å². The van der Waals surface area contributed by atoms with Gasteiger partial charge in [-0.3, -0.25) is 0 Å². The molecule has 2 rings (SSSR count). The van der Waals surface area contributed by atoms with E-state index in [1.54, 1.807) is 6.07 Å². The fraction of sp³-hybridized carbons (Fsp3) is 0.643. The molecule has 1 fully saturated rings. The lowest BCUT2D eigenvalue weighted by atomic mass is 9.80. The monoisotopic (exact) mass is 296 g/mol. The summed E-state index contributed by atoms with van der Waals surface area (Å²) in [6, 6.07) is 3.78. The Morgan fingerprint density at radius 3 is 2.20 bits per heavy atom. The van der Waals surface area contributed by atoms with E-state index >= 15 is 0 Å². The first-order chi connectivity index (χ1) is 9.12. The highest BCUT2D eigenvalue weighted by molar-refractivity contribution is 6.61. The van der Waals surface area contributed by atoms with E-state index in [2.05, 4.69) is 9.88 Å². The summed E-state index contributed by atoms with van der Waals surface area (Å²) in [5.74, 6) is 0. The van der Waals surface area contributed by atoms with Crippen LogP contribution in [-0.4, -0.2) is 42.3 Å². The Labute approximate surface area is 126 Å². The number of halogens is 1. The molecule has 20 heavy (non-hydrogen) atoms. The van der Waals surface area contributed by atoms with Crippen LogP contribution in [0.15, 0.2) is 12.1 Å². The molecule has 2 heterocycles. The maximum atomic E-state index is 6.07. The van der Waals surface area contributed by atoms with E-state index in [1.807, 2.05) is 47.9 Å². The molecule has 0 unspecified atom stereocenters. The van der Waals surface area contributed by atoms with E-state index in [9.17, 15) is 0 Å². The van der Waals surface area contributed by atoms with Crippen molar-refractivity contribution in [1.29, 1.82) is 0 Å².